The van der Waals surface area contributed by atoms with Gasteiger partial charge in [-0.25, -0.2) is 8.42 Å². The third-order valence-corrected chi connectivity index (χ3v) is 5.40. The van der Waals surface area contributed by atoms with Crippen LogP contribution in [-0.4, -0.2) is 44.7 Å². The standard InChI is InChI=1S/C17H21N3O5S/c1-13-5-7-15(8-6-13)26(23,24)20(2)12-17(22)19-11-16(21)18-10-14-4-3-9-25-14/h3-9H,10-12H2,1-2H3,(H,18,21)(H,19,22). The molecule has 9 heteroatoms. The first-order valence-electron chi connectivity index (χ1n) is 7.88. The molecule has 1 aromatic heterocycles. The van der Waals surface area contributed by atoms with Crippen LogP contribution in [0.4, 0.5) is 0 Å². The first-order valence-corrected chi connectivity index (χ1v) is 9.32. The Morgan fingerprint density at radius 2 is 1.77 bits per heavy atom. The smallest absolute Gasteiger partial charge is 0.243 e. The van der Waals surface area contributed by atoms with Gasteiger partial charge in [0.25, 0.3) is 0 Å². The molecule has 0 aliphatic rings. The van der Waals surface area contributed by atoms with E-state index in [2.05, 4.69) is 10.6 Å². The number of sulfonamides is 1. The van der Waals surface area contributed by atoms with E-state index in [0.29, 0.717) is 5.76 Å². The van der Waals surface area contributed by atoms with E-state index in [4.69, 9.17) is 4.42 Å². The van der Waals surface area contributed by atoms with E-state index >= 15 is 0 Å². The van der Waals surface area contributed by atoms with Crippen molar-refractivity contribution in [2.45, 2.75) is 18.4 Å². The van der Waals surface area contributed by atoms with Crippen molar-refractivity contribution in [3.05, 3.63) is 54.0 Å². The number of hydrogen-bond donors (Lipinski definition) is 2. The minimum atomic E-state index is -3.77. The molecule has 2 aromatic rings. The highest BCUT2D eigenvalue weighted by atomic mass is 32.2. The molecule has 2 rings (SSSR count). The molecule has 0 spiro atoms. The second-order valence-electron chi connectivity index (χ2n) is 5.71. The first kappa shape index (κ1) is 19.7. The molecule has 0 unspecified atom stereocenters. The Kier molecular flexibility index (Phi) is 6.53. The van der Waals surface area contributed by atoms with Crippen LogP contribution in [0.1, 0.15) is 11.3 Å². The fourth-order valence-electron chi connectivity index (χ4n) is 2.07. The lowest BCUT2D eigenvalue weighted by Crippen LogP contribution is -2.42. The van der Waals surface area contributed by atoms with Gasteiger partial charge in [-0.15, -0.1) is 0 Å². The number of aryl methyl sites for hydroxylation is 1. The summed E-state index contributed by atoms with van der Waals surface area (Å²) in [5.74, 6) is -0.385. The third kappa shape index (κ3) is 5.43. The molecule has 0 aliphatic carbocycles. The van der Waals surface area contributed by atoms with E-state index in [-0.39, 0.29) is 24.5 Å². The number of carbonyl (C=O) groups excluding carboxylic acids is 2. The summed E-state index contributed by atoms with van der Waals surface area (Å²) in [6, 6.07) is 9.76. The molecule has 1 aromatic carbocycles. The molecule has 2 N–H and O–H groups in total. The predicted molar refractivity (Wildman–Crippen MR) is 94.6 cm³/mol. The Labute approximate surface area is 152 Å². The molecule has 1 heterocycles. The number of nitrogens with zero attached hydrogens (tertiary/aromatic N) is 1. The zero-order valence-electron chi connectivity index (χ0n) is 14.6. The summed E-state index contributed by atoms with van der Waals surface area (Å²) in [6.07, 6.45) is 1.49. The summed E-state index contributed by atoms with van der Waals surface area (Å²) >= 11 is 0. The van der Waals surface area contributed by atoms with Crippen LogP contribution in [0.5, 0.6) is 0 Å². The van der Waals surface area contributed by atoms with Gasteiger partial charge in [-0.1, -0.05) is 17.7 Å². The molecule has 0 saturated heterocycles. The molecule has 0 bridgehead atoms. The van der Waals surface area contributed by atoms with Gasteiger partial charge in [0, 0.05) is 7.05 Å². The lowest BCUT2D eigenvalue weighted by atomic mass is 10.2. The molecule has 0 saturated carbocycles. The molecule has 140 valence electrons. The zero-order valence-corrected chi connectivity index (χ0v) is 15.4. The van der Waals surface area contributed by atoms with Crippen molar-refractivity contribution in [1.29, 1.82) is 0 Å². The Balaban J connectivity index is 1.80. The van der Waals surface area contributed by atoms with E-state index in [9.17, 15) is 18.0 Å². The normalized spacial score (nSPS) is 11.3. The van der Waals surface area contributed by atoms with Crippen molar-refractivity contribution in [3.8, 4) is 0 Å². The van der Waals surface area contributed by atoms with Crippen LogP contribution < -0.4 is 10.6 Å². The van der Waals surface area contributed by atoms with Crippen LogP contribution in [0.15, 0.2) is 52.0 Å². The third-order valence-electron chi connectivity index (χ3n) is 3.58. The van der Waals surface area contributed by atoms with Gasteiger partial charge in [-0.2, -0.15) is 4.31 Å². The van der Waals surface area contributed by atoms with Crippen LogP contribution in [0.3, 0.4) is 0 Å². The maximum Gasteiger partial charge on any atom is 0.243 e. The highest BCUT2D eigenvalue weighted by Gasteiger charge is 2.22. The van der Waals surface area contributed by atoms with Crippen molar-refractivity contribution in [3.63, 3.8) is 0 Å². The van der Waals surface area contributed by atoms with Crippen LogP contribution in [0, 0.1) is 6.92 Å². The number of likely N-dealkylation sites (N-methyl/N-ethyl adjacent to an activating group) is 1. The first-order chi connectivity index (χ1) is 12.3. The molecule has 0 fully saturated rings. The Morgan fingerprint density at radius 3 is 2.38 bits per heavy atom. The summed E-state index contributed by atoms with van der Waals surface area (Å²) < 4.78 is 30.8. The lowest BCUT2D eigenvalue weighted by Gasteiger charge is -2.17. The van der Waals surface area contributed by atoms with Gasteiger partial charge in [0.05, 0.1) is 30.8 Å². The summed E-state index contributed by atoms with van der Waals surface area (Å²) in [4.78, 5) is 23.7. The van der Waals surface area contributed by atoms with Crippen molar-refractivity contribution >= 4 is 21.8 Å². The fourth-order valence-corrected chi connectivity index (χ4v) is 3.20. The quantitative estimate of drug-likeness (QED) is 0.700. The van der Waals surface area contributed by atoms with Crippen molar-refractivity contribution < 1.29 is 22.4 Å². The second-order valence-corrected chi connectivity index (χ2v) is 7.75. The Hall–Kier alpha value is -2.65. The van der Waals surface area contributed by atoms with E-state index in [0.717, 1.165) is 9.87 Å². The predicted octanol–water partition coefficient (Wildman–Crippen LogP) is 0.641. The van der Waals surface area contributed by atoms with Crippen molar-refractivity contribution in [1.82, 2.24) is 14.9 Å². The average molecular weight is 379 g/mol. The van der Waals surface area contributed by atoms with E-state index in [1.807, 2.05) is 6.92 Å². The number of benzene rings is 1. The van der Waals surface area contributed by atoms with Crippen molar-refractivity contribution in [2.24, 2.45) is 0 Å². The van der Waals surface area contributed by atoms with Crippen LogP contribution in [0.2, 0.25) is 0 Å². The van der Waals surface area contributed by atoms with Gasteiger partial charge in [0.2, 0.25) is 21.8 Å². The number of nitrogens with one attached hydrogen (secondary N) is 2. The highest BCUT2D eigenvalue weighted by molar-refractivity contribution is 7.89. The SMILES string of the molecule is Cc1ccc(S(=O)(=O)N(C)CC(=O)NCC(=O)NCc2ccco2)cc1. The Morgan fingerprint density at radius 1 is 1.08 bits per heavy atom. The number of carbonyl (C=O) groups is 2. The summed E-state index contributed by atoms with van der Waals surface area (Å²) in [5.41, 5.74) is 0.935. The van der Waals surface area contributed by atoms with E-state index < -0.39 is 21.8 Å². The number of amides is 2. The van der Waals surface area contributed by atoms with Gasteiger partial charge >= 0.3 is 0 Å². The van der Waals surface area contributed by atoms with Crippen LogP contribution >= 0.6 is 0 Å². The van der Waals surface area contributed by atoms with Gasteiger partial charge in [0.1, 0.15) is 5.76 Å². The number of rotatable bonds is 8. The van der Waals surface area contributed by atoms with Gasteiger partial charge in [-0.05, 0) is 31.2 Å². The maximum atomic E-state index is 12.4. The Bertz CT molecular complexity index is 845. The number of hydrogen-bond acceptors (Lipinski definition) is 5. The summed E-state index contributed by atoms with van der Waals surface area (Å²) in [6.45, 7) is 1.42. The van der Waals surface area contributed by atoms with Crippen molar-refractivity contribution in [2.75, 3.05) is 20.1 Å². The molecule has 8 nitrogen and oxygen atoms in total. The van der Waals surface area contributed by atoms with Crippen LogP contribution in [0.25, 0.3) is 0 Å². The molecule has 0 aliphatic heterocycles. The monoisotopic (exact) mass is 379 g/mol. The number of furan rings is 1. The second kappa shape index (κ2) is 8.63. The fraction of sp³-hybridized carbons (Fsp3) is 0.294. The topological polar surface area (TPSA) is 109 Å². The average Bonchev–Trinajstić information content (AvgIpc) is 3.12. The molecular formula is C17H21N3O5S. The zero-order chi connectivity index (χ0) is 19.2. The lowest BCUT2D eigenvalue weighted by molar-refractivity contribution is -0.126. The highest BCUT2D eigenvalue weighted by Crippen LogP contribution is 2.14. The van der Waals surface area contributed by atoms with Gasteiger partial charge in [0.15, 0.2) is 0 Å². The largest absolute Gasteiger partial charge is 0.467 e. The van der Waals surface area contributed by atoms with E-state index in [1.54, 1.807) is 24.3 Å². The van der Waals surface area contributed by atoms with Gasteiger partial charge < -0.3 is 15.1 Å². The summed E-state index contributed by atoms with van der Waals surface area (Å²) in [7, 11) is -2.46. The molecule has 0 atom stereocenters. The molecule has 2 amide bonds. The summed E-state index contributed by atoms with van der Waals surface area (Å²) in [5, 5.41) is 4.96. The minimum Gasteiger partial charge on any atom is -0.467 e. The van der Waals surface area contributed by atoms with Gasteiger partial charge in [-0.3, -0.25) is 9.59 Å². The maximum absolute atomic E-state index is 12.4. The van der Waals surface area contributed by atoms with Crippen LogP contribution in [-0.2, 0) is 26.2 Å². The molecular weight excluding hydrogens is 358 g/mol. The molecule has 0 radical (unpaired) electrons. The van der Waals surface area contributed by atoms with E-state index in [1.165, 1.54) is 25.4 Å². The minimum absolute atomic E-state index is 0.106. The molecule has 26 heavy (non-hydrogen) atoms.